The standard InChI is InChI=1S/C19H21BrN2O5/c1-12-10-14(20)8-9-15(12)26-11-18(23)21-22-19(24)13(2)27-17-7-5-4-6-16(17)25-3/h4-10,13H,11H2,1-3H3,(H,21,23)(H,22,24). The molecule has 2 aromatic carbocycles. The Labute approximate surface area is 166 Å². The van der Waals surface area contributed by atoms with Crippen molar-refractivity contribution in [2.24, 2.45) is 0 Å². The Morgan fingerprint density at radius 1 is 1.07 bits per heavy atom. The molecule has 7 nitrogen and oxygen atoms in total. The minimum absolute atomic E-state index is 0.232. The Hall–Kier alpha value is -2.74. The Morgan fingerprint density at radius 3 is 2.44 bits per heavy atom. The zero-order valence-corrected chi connectivity index (χ0v) is 16.8. The van der Waals surface area contributed by atoms with Gasteiger partial charge in [0.15, 0.2) is 24.2 Å². The van der Waals surface area contributed by atoms with Crippen LogP contribution >= 0.6 is 15.9 Å². The van der Waals surface area contributed by atoms with Crippen LogP contribution in [0.1, 0.15) is 12.5 Å². The normalized spacial score (nSPS) is 11.3. The van der Waals surface area contributed by atoms with E-state index in [1.807, 2.05) is 19.1 Å². The zero-order chi connectivity index (χ0) is 19.8. The van der Waals surface area contributed by atoms with Gasteiger partial charge in [0.1, 0.15) is 5.75 Å². The fourth-order valence-corrected chi connectivity index (χ4v) is 2.62. The Bertz CT molecular complexity index is 812. The predicted molar refractivity (Wildman–Crippen MR) is 104 cm³/mol. The fourth-order valence-electron chi connectivity index (χ4n) is 2.15. The summed E-state index contributed by atoms with van der Waals surface area (Å²) in [6.07, 6.45) is -0.837. The Balaban J connectivity index is 1.79. The maximum Gasteiger partial charge on any atom is 0.279 e. The van der Waals surface area contributed by atoms with Gasteiger partial charge in [-0.1, -0.05) is 28.1 Å². The van der Waals surface area contributed by atoms with Crippen molar-refractivity contribution >= 4 is 27.7 Å². The maximum atomic E-state index is 12.1. The minimum Gasteiger partial charge on any atom is -0.493 e. The lowest BCUT2D eigenvalue weighted by molar-refractivity contribution is -0.133. The highest BCUT2D eigenvalue weighted by Gasteiger charge is 2.17. The van der Waals surface area contributed by atoms with Crippen molar-refractivity contribution < 1.29 is 23.8 Å². The number of benzene rings is 2. The molecule has 0 bridgehead atoms. The van der Waals surface area contributed by atoms with Crippen LogP contribution in [0.2, 0.25) is 0 Å². The summed E-state index contributed by atoms with van der Waals surface area (Å²) in [6.45, 7) is 3.21. The highest BCUT2D eigenvalue weighted by atomic mass is 79.9. The van der Waals surface area contributed by atoms with E-state index in [4.69, 9.17) is 14.2 Å². The van der Waals surface area contributed by atoms with Crippen LogP contribution in [-0.2, 0) is 9.59 Å². The van der Waals surface area contributed by atoms with Crippen molar-refractivity contribution in [1.82, 2.24) is 10.9 Å². The van der Waals surface area contributed by atoms with Crippen LogP contribution in [0.5, 0.6) is 17.2 Å². The molecule has 2 N–H and O–H groups in total. The molecule has 8 heteroatoms. The van der Waals surface area contributed by atoms with Crippen LogP contribution in [0.15, 0.2) is 46.9 Å². The van der Waals surface area contributed by atoms with Crippen LogP contribution < -0.4 is 25.1 Å². The predicted octanol–water partition coefficient (Wildman–Crippen LogP) is 2.76. The second-order valence-electron chi connectivity index (χ2n) is 5.65. The van der Waals surface area contributed by atoms with Gasteiger partial charge in [0.05, 0.1) is 7.11 Å². The molecule has 0 radical (unpaired) electrons. The molecule has 0 aliphatic heterocycles. The third kappa shape index (κ3) is 6.18. The number of hydrogen-bond acceptors (Lipinski definition) is 5. The van der Waals surface area contributed by atoms with Crippen LogP contribution in [0.3, 0.4) is 0 Å². The van der Waals surface area contributed by atoms with Gasteiger partial charge in [0, 0.05) is 4.47 Å². The second kappa shape index (κ2) is 9.82. The number of halogens is 1. The number of aryl methyl sites for hydroxylation is 1. The summed E-state index contributed by atoms with van der Waals surface area (Å²) in [5, 5.41) is 0. The topological polar surface area (TPSA) is 85.9 Å². The number of hydrogen-bond donors (Lipinski definition) is 2. The summed E-state index contributed by atoms with van der Waals surface area (Å²) in [6, 6.07) is 12.4. The first-order valence-electron chi connectivity index (χ1n) is 8.18. The molecule has 1 unspecified atom stereocenters. The molecule has 2 aromatic rings. The lowest BCUT2D eigenvalue weighted by atomic mass is 10.2. The van der Waals surface area contributed by atoms with E-state index in [0.29, 0.717) is 17.2 Å². The van der Waals surface area contributed by atoms with Gasteiger partial charge in [-0.15, -0.1) is 0 Å². The first-order chi connectivity index (χ1) is 12.9. The van der Waals surface area contributed by atoms with Crippen molar-refractivity contribution in [3.63, 3.8) is 0 Å². The molecule has 2 rings (SSSR count). The number of ether oxygens (including phenoxy) is 3. The van der Waals surface area contributed by atoms with Crippen LogP contribution in [0, 0.1) is 6.92 Å². The zero-order valence-electron chi connectivity index (χ0n) is 15.2. The van der Waals surface area contributed by atoms with Gasteiger partial charge >= 0.3 is 0 Å². The Morgan fingerprint density at radius 2 is 1.78 bits per heavy atom. The summed E-state index contributed by atoms with van der Waals surface area (Å²) in [7, 11) is 1.51. The van der Waals surface area contributed by atoms with Crippen LogP contribution in [-0.4, -0.2) is 31.6 Å². The van der Waals surface area contributed by atoms with Crippen molar-refractivity contribution in [2.75, 3.05) is 13.7 Å². The van der Waals surface area contributed by atoms with E-state index < -0.39 is 17.9 Å². The smallest absolute Gasteiger partial charge is 0.279 e. The van der Waals surface area contributed by atoms with Crippen molar-refractivity contribution in [1.29, 1.82) is 0 Å². The van der Waals surface area contributed by atoms with E-state index in [9.17, 15) is 9.59 Å². The number of hydrazine groups is 1. The molecule has 0 heterocycles. The molecule has 2 amide bonds. The van der Waals surface area contributed by atoms with E-state index in [1.165, 1.54) is 7.11 Å². The molecule has 0 aromatic heterocycles. The first-order valence-corrected chi connectivity index (χ1v) is 8.97. The van der Waals surface area contributed by atoms with Gasteiger partial charge in [0.25, 0.3) is 11.8 Å². The van der Waals surface area contributed by atoms with E-state index in [2.05, 4.69) is 26.8 Å². The first kappa shape index (κ1) is 20.6. The highest BCUT2D eigenvalue weighted by molar-refractivity contribution is 9.10. The van der Waals surface area contributed by atoms with E-state index in [-0.39, 0.29) is 6.61 Å². The van der Waals surface area contributed by atoms with E-state index in [0.717, 1.165) is 10.0 Å². The third-order valence-electron chi connectivity index (χ3n) is 3.56. The minimum atomic E-state index is -0.837. The average molecular weight is 437 g/mol. The number of methoxy groups -OCH3 is 1. The molecule has 144 valence electrons. The average Bonchev–Trinajstić information content (AvgIpc) is 2.65. The van der Waals surface area contributed by atoms with Crippen molar-refractivity contribution in [2.45, 2.75) is 20.0 Å². The second-order valence-corrected chi connectivity index (χ2v) is 6.56. The monoisotopic (exact) mass is 436 g/mol. The molecule has 0 spiro atoms. The molecule has 0 aliphatic rings. The van der Waals surface area contributed by atoms with Gasteiger partial charge in [-0.2, -0.15) is 0 Å². The summed E-state index contributed by atoms with van der Waals surface area (Å²) in [4.78, 5) is 23.9. The highest BCUT2D eigenvalue weighted by Crippen LogP contribution is 2.26. The van der Waals surface area contributed by atoms with Crippen LogP contribution in [0.25, 0.3) is 0 Å². The summed E-state index contributed by atoms with van der Waals surface area (Å²) in [5.41, 5.74) is 5.49. The number of nitrogens with one attached hydrogen (secondary N) is 2. The molecule has 27 heavy (non-hydrogen) atoms. The lowest BCUT2D eigenvalue weighted by Gasteiger charge is -2.17. The van der Waals surface area contributed by atoms with Crippen LogP contribution in [0.4, 0.5) is 0 Å². The van der Waals surface area contributed by atoms with Gasteiger partial charge < -0.3 is 14.2 Å². The van der Waals surface area contributed by atoms with Crippen molar-refractivity contribution in [3.8, 4) is 17.2 Å². The maximum absolute atomic E-state index is 12.1. The number of carbonyl (C=O) groups excluding carboxylic acids is 2. The molecular weight excluding hydrogens is 416 g/mol. The van der Waals surface area contributed by atoms with Gasteiger partial charge in [0.2, 0.25) is 0 Å². The van der Waals surface area contributed by atoms with E-state index in [1.54, 1.807) is 37.3 Å². The quantitative estimate of drug-likeness (QED) is 0.651. The molecule has 0 saturated carbocycles. The fraction of sp³-hybridized carbons (Fsp3) is 0.263. The summed E-state index contributed by atoms with van der Waals surface area (Å²) < 4.78 is 17.1. The van der Waals surface area contributed by atoms with Gasteiger partial charge in [-0.3, -0.25) is 20.4 Å². The summed E-state index contributed by atoms with van der Waals surface area (Å²) in [5.74, 6) is 0.541. The van der Waals surface area contributed by atoms with E-state index >= 15 is 0 Å². The lowest BCUT2D eigenvalue weighted by Crippen LogP contribution is -2.48. The van der Waals surface area contributed by atoms with Gasteiger partial charge in [-0.25, -0.2) is 0 Å². The largest absolute Gasteiger partial charge is 0.493 e. The Kier molecular flexibility index (Phi) is 7.48. The summed E-state index contributed by atoms with van der Waals surface area (Å²) >= 11 is 3.36. The van der Waals surface area contributed by atoms with Gasteiger partial charge in [-0.05, 0) is 49.7 Å². The number of carbonyl (C=O) groups is 2. The number of amides is 2. The molecule has 1 atom stereocenters. The SMILES string of the molecule is COc1ccccc1OC(C)C(=O)NNC(=O)COc1ccc(Br)cc1C. The molecule has 0 saturated heterocycles. The third-order valence-corrected chi connectivity index (χ3v) is 4.06. The number of para-hydroxylation sites is 2. The molecular formula is C19H21BrN2O5. The molecule has 0 aliphatic carbocycles. The molecule has 0 fully saturated rings. The van der Waals surface area contributed by atoms with Crippen molar-refractivity contribution in [3.05, 3.63) is 52.5 Å². The number of rotatable bonds is 7.